The number of carbonyl (C=O) groups is 1. The van der Waals surface area contributed by atoms with Gasteiger partial charge in [0.2, 0.25) is 5.91 Å². The van der Waals surface area contributed by atoms with Crippen LogP contribution in [0.25, 0.3) is 0 Å². The maximum atomic E-state index is 12.6. The molecule has 3 atom stereocenters. The van der Waals surface area contributed by atoms with Crippen molar-refractivity contribution >= 4 is 23.0 Å². The van der Waals surface area contributed by atoms with Gasteiger partial charge in [-0.2, -0.15) is 0 Å². The summed E-state index contributed by atoms with van der Waals surface area (Å²) < 4.78 is 0. The Labute approximate surface area is 133 Å². The average Bonchev–Trinajstić information content (AvgIpc) is 3.08. The second-order valence-corrected chi connectivity index (χ2v) is 6.52. The lowest BCUT2D eigenvalue weighted by atomic mass is 9.98. The number of anilines is 2. The average molecular weight is 305 g/mol. The standard InChI is InChI=1S/C18H15N3O2/c1-9-6-7-12-11(8-9)14-15(17(22)19-12)18(14)16(21-23)10-4-2-3-5-13(10)20-18/h2-8,14-15,20,23H,1H3,(H,19,22)/b21-16+. The van der Waals surface area contributed by atoms with Crippen LogP contribution in [0.2, 0.25) is 0 Å². The molecule has 1 fully saturated rings. The topological polar surface area (TPSA) is 73.7 Å². The molecule has 0 radical (unpaired) electrons. The lowest BCUT2D eigenvalue weighted by molar-refractivity contribution is -0.117. The number of oxime groups is 1. The summed E-state index contributed by atoms with van der Waals surface area (Å²) in [5.74, 6) is -0.285. The first-order valence-electron chi connectivity index (χ1n) is 7.68. The lowest BCUT2D eigenvalue weighted by Crippen LogP contribution is -2.32. The molecule has 23 heavy (non-hydrogen) atoms. The zero-order valence-electron chi connectivity index (χ0n) is 12.5. The van der Waals surface area contributed by atoms with E-state index in [0.717, 1.165) is 28.1 Å². The van der Waals surface area contributed by atoms with Gasteiger partial charge in [-0.15, -0.1) is 0 Å². The Morgan fingerprint density at radius 2 is 1.96 bits per heavy atom. The van der Waals surface area contributed by atoms with Crippen LogP contribution in [0.5, 0.6) is 0 Å². The van der Waals surface area contributed by atoms with Crippen LogP contribution in [0.15, 0.2) is 47.6 Å². The Morgan fingerprint density at radius 1 is 1.13 bits per heavy atom. The van der Waals surface area contributed by atoms with Crippen LogP contribution < -0.4 is 10.6 Å². The largest absolute Gasteiger partial charge is 0.411 e. The van der Waals surface area contributed by atoms with Gasteiger partial charge in [-0.3, -0.25) is 4.79 Å². The first kappa shape index (κ1) is 12.7. The molecule has 5 heteroatoms. The number of hydrogen-bond acceptors (Lipinski definition) is 4. The number of rotatable bonds is 0. The van der Waals surface area contributed by atoms with Crippen molar-refractivity contribution < 1.29 is 10.0 Å². The van der Waals surface area contributed by atoms with Gasteiger partial charge in [0.05, 0.1) is 5.92 Å². The molecule has 1 aliphatic carbocycles. The van der Waals surface area contributed by atoms with Crippen LogP contribution in [0.3, 0.4) is 0 Å². The molecule has 5 rings (SSSR count). The fourth-order valence-electron chi connectivity index (χ4n) is 4.32. The second-order valence-electron chi connectivity index (χ2n) is 6.52. The monoisotopic (exact) mass is 305 g/mol. The van der Waals surface area contributed by atoms with E-state index in [1.165, 1.54) is 0 Å². The number of aryl methyl sites for hydroxylation is 1. The minimum Gasteiger partial charge on any atom is -0.411 e. The first-order chi connectivity index (χ1) is 11.2. The molecule has 3 N–H and O–H groups in total. The van der Waals surface area contributed by atoms with Gasteiger partial charge in [-0.25, -0.2) is 0 Å². The van der Waals surface area contributed by atoms with Gasteiger partial charge in [0.1, 0.15) is 11.3 Å². The maximum Gasteiger partial charge on any atom is 0.231 e. The molecular weight excluding hydrogens is 290 g/mol. The molecule has 1 spiro atoms. The highest BCUT2D eigenvalue weighted by atomic mass is 16.4. The summed E-state index contributed by atoms with van der Waals surface area (Å²) in [5.41, 5.74) is 4.82. The number of nitrogens with zero attached hydrogens (tertiary/aromatic N) is 1. The van der Waals surface area contributed by atoms with Crippen LogP contribution in [-0.2, 0) is 4.79 Å². The van der Waals surface area contributed by atoms with Gasteiger partial charge in [-0.05, 0) is 24.6 Å². The van der Waals surface area contributed by atoms with Crippen molar-refractivity contribution in [1.82, 2.24) is 0 Å². The zero-order valence-corrected chi connectivity index (χ0v) is 12.5. The Kier molecular flexibility index (Phi) is 2.17. The molecule has 0 saturated heterocycles. The van der Waals surface area contributed by atoms with E-state index in [1.54, 1.807) is 0 Å². The summed E-state index contributed by atoms with van der Waals surface area (Å²) in [7, 11) is 0. The molecule has 1 amide bonds. The first-order valence-corrected chi connectivity index (χ1v) is 7.68. The van der Waals surface area contributed by atoms with Crippen molar-refractivity contribution in [1.29, 1.82) is 0 Å². The summed E-state index contributed by atoms with van der Waals surface area (Å²) in [6, 6.07) is 13.8. The van der Waals surface area contributed by atoms with Gasteiger partial charge in [0.25, 0.3) is 0 Å². The maximum absolute atomic E-state index is 12.6. The van der Waals surface area contributed by atoms with E-state index in [2.05, 4.69) is 21.9 Å². The number of carbonyl (C=O) groups excluding carboxylic acids is 1. The molecule has 2 aromatic carbocycles. The van der Waals surface area contributed by atoms with Crippen LogP contribution in [-0.4, -0.2) is 22.4 Å². The van der Waals surface area contributed by atoms with E-state index in [1.807, 2.05) is 43.3 Å². The molecular formula is C18H15N3O2. The van der Waals surface area contributed by atoms with Crippen molar-refractivity contribution in [3.63, 3.8) is 0 Å². The Balaban J connectivity index is 1.71. The number of benzene rings is 2. The van der Waals surface area contributed by atoms with Crippen LogP contribution in [0.1, 0.15) is 22.6 Å². The molecule has 0 aromatic heterocycles. The quantitative estimate of drug-likeness (QED) is 0.517. The molecule has 114 valence electrons. The molecule has 2 aromatic rings. The van der Waals surface area contributed by atoms with Crippen molar-refractivity contribution in [2.24, 2.45) is 11.1 Å². The fourth-order valence-corrected chi connectivity index (χ4v) is 4.32. The Bertz CT molecular complexity index is 905. The van der Waals surface area contributed by atoms with Gasteiger partial charge in [-0.1, -0.05) is 41.1 Å². The van der Waals surface area contributed by atoms with Crippen LogP contribution in [0.4, 0.5) is 11.4 Å². The highest BCUT2D eigenvalue weighted by molar-refractivity contribution is 6.24. The summed E-state index contributed by atoms with van der Waals surface area (Å²) in [5, 5.41) is 19.7. The van der Waals surface area contributed by atoms with E-state index in [0.29, 0.717) is 5.71 Å². The van der Waals surface area contributed by atoms with Crippen LogP contribution >= 0.6 is 0 Å². The number of para-hydroxylation sites is 1. The van der Waals surface area contributed by atoms with Gasteiger partial charge < -0.3 is 15.8 Å². The summed E-state index contributed by atoms with van der Waals surface area (Å²) >= 11 is 0. The molecule has 2 heterocycles. The number of nitrogens with one attached hydrogen (secondary N) is 2. The Morgan fingerprint density at radius 3 is 2.78 bits per heavy atom. The van der Waals surface area contributed by atoms with Crippen molar-refractivity contribution in [2.45, 2.75) is 18.4 Å². The number of amides is 1. The predicted molar refractivity (Wildman–Crippen MR) is 87.2 cm³/mol. The third kappa shape index (κ3) is 1.37. The zero-order chi connectivity index (χ0) is 15.8. The SMILES string of the molecule is Cc1ccc2c(c1)C1C(C(=O)N2)C12Nc1ccccc1/C2=N\O. The summed E-state index contributed by atoms with van der Waals surface area (Å²) in [6.07, 6.45) is 0. The molecule has 3 unspecified atom stereocenters. The summed E-state index contributed by atoms with van der Waals surface area (Å²) in [4.78, 5) is 12.6. The minimum atomic E-state index is -0.637. The van der Waals surface area contributed by atoms with E-state index < -0.39 is 5.54 Å². The fraction of sp³-hybridized carbons (Fsp3) is 0.222. The van der Waals surface area contributed by atoms with Crippen LogP contribution in [0, 0.1) is 12.8 Å². The third-order valence-electron chi connectivity index (χ3n) is 5.30. The summed E-state index contributed by atoms with van der Waals surface area (Å²) in [6.45, 7) is 2.04. The van der Waals surface area contributed by atoms with Crippen molar-refractivity contribution in [3.05, 3.63) is 59.2 Å². The molecule has 0 bridgehead atoms. The van der Waals surface area contributed by atoms with Crippen molar-refractivity contribution in [3.8, 4) is 0 Å². The number of fused-ring (bicyclic) bond motifs is 6. The Hall–Kier alpha value is -2.82. The minimum absolute atomic E-state index is 0.00977. The smallest absolute Gasteiger partial charge is 0.231 e. The molecule has 3 aliphatic rings. The molecule has 1 saturated carbocycles. The lowest BCUT2D eigenvalue weighted by Gasteiger charge is -2.15. The predicted octanol–water partition coefficient (Wildman–Crippen LogP) is 2.70. The van der Waals surface area contributed by atoms with E-state index in [4.69, 9.17) is 0 Å². The second kappa shape index (κ2) is 3.93. The van der Waals surface area contributed by atoms with Crippen molar-refractivity contribution in [2.75, 3.05) is 10.6 Å². The highest BCUT2D eigenvalue weighted by Crippen LogP contribution is 2.66. The van der Waals surface area contributed by atoms with E-state index >= 15 is 0 Å². The van der Waals surface area contributed by atoms with Gasteiger partial charge in [0.15, 0.2) is 0 Å². The van der Waals surface area contributed by atoms with Gasteiger partial charge >= 0.3 is 0 Å². The van der Waals surface area contributed by atoms with Gasteiger partial charge in [0, 0.05) is 22.9 Å². The van der Waals surface area contributed by atoms with E-state index in [-0.39, 0.29) is 17.7 Å². The third-order valence-corrected chi connectivity index (χ3v) is 5.30. The highest BCUT2D eigenvalue weighted by Gasteiger charge is 2.76. The molecule has 5 nitrogen and oxygen atoms in total. The number of hydrogen-bond donors (Lipinski definition) is 3. The normalized spacial score (nSPS) is 31.2. The van der Waals surface area contributed by atoms with E-state index in [9.17, 15) is 10.0 Å². The molecule has 2 aliphatic heterocycles.